The topological polar surface area (TPSA) is 75.0 Å². The van der Waals surface area contributed by atoms with Crippen molar-refractivity contribution in [1.82, 2.24) is 20.0 Å². The molecule has 6 nitrogen and oxygen atoms in total. The molecule has 0 aliphatic carbocycles. The first kappa shape index (κ1) is 16.7. The minimum Gasteiger partial charge on any atom is -0.351 e. The summed E-state index contributed by atoms with van der Waals surface area (Å²) >= 11 is 0. The average molecular weight is 372 g/mol. The molecule has 1 saturated heterocycles. The Kier molecular flexibility index (Phi) is 4.16. The number of aromatic amines is 1. The van der Waals surface area contributed by atoms with Gasteiger partial charge in [-0.2, -0.15) is 4.98 Å². The first-order valence-corrected chi connectivity index (χ1v) is 9.59. The van der Waals surface area contributed by atoms with Gasteiger partial charge in [-0.3, -0.25) is 4.79 Å². The molecule has 2 aromatic heterocycles. The van der Waals surface area contributed by atoms with Gasteiger partial charge in [-0.1, -0.05) is 35.5 Å². The Hall–Kier alpha value is -3.41. The van der Waals surface area contributed by atoms with Gasteiger partial charge in [0, 0.05) is 35.1 Å². The van der Waals surface area contributed by atoms with Gasteiger partial charge in [-0.05, 0) is 43.5 Å². The Labute approximate surface area is 162 Å². The fourth-order valence-corrected chi connectivity index (χ4v) is 3.71. The van der Waals surface area contributed by atoms with Crippen LogP contribution < -0.4 is 0 Å². The molecule has 140 valence electrons. The zero-order chi connectivity index (χ0) is 18.9. The molecule has 0 radical (unpaired) electrons. The Morgan fingerprint density at radius 2 is 1.86 bits per heavy atom. The maximum atomic E-state index is 12.8. The molecule has 28 heavy (non-hydrogen) atoms. The summed E-state index contributed by atoms with van der Waals surface area (Å²) < 4.78 is 5.46. The van der Waals surface area contributed by atoms with Gasteiger partial charge in [0.05, 0.1) is 0 Å². The number of amides is 1. The standard InChI is InChI=1S/C22H20N4O2/c27-22(26-11-4-1-5-12-26)17-9-6-8-16(13-17)20-24-21(28-25-20)19-14-15-7-2-3-10-18(15)23-19/h2-3,6-10,13-14,23H,1,4-5,11-12H2. The van der Waals surface area contributed by atoms with Crippen molar-refractivity contribution in [3.8, 4) is 23.0 Å². The third kappa shape index (κ3) is 3.07. The smallest absolute Gasteiger partial charge is 0.274 e. The van der Waals surface area contributed by atoms with Crippen LogP contribution in [0.5, 0.6) is 0 Å². The lowest BCUT2D eigenvalue weighted by atomic mass is 10.1. The fourth-order valence-electron chi connectivity index (χ4n) is 3.71. The van der Waals surface area contributed by atoms with E-state index in [1.165, 1.54) is 6.42 Å². The van der Waals surface area contributed by atoms with Crippen molar-refractivity contribution in [3.05, 3.63) is 60.2 Å². The van der Waals surface area contributed by atoms with Crippen LogP contribution in [0.2, 0.25) is 0 Å². The van der Waals surface area contributed by atoms with E-state index in [0.29, 0.717) is 17.3 Å². The molecular formula is C22H20N4O2. The van der Waals surface area contributed by atoms with Gasteiger partial charge in [0.25, 0.3) is 11.8 Å². The van der Waals surface area contributed by atoms with E-state index in [1.54, 1.807) is 0 Å². The summed E-state index contributed by atoms with van der Waals surface area (Å²) in [6.45, 7) is 1.66. The molecule has 4 aromatic rings. The zero-order valence-corrected chi connectivity index (χ0v) is 15.4. The van der Waals surface area contributed by atoms with Crippen molar-refractivity contribution in [1.29, 1.82) is 0 Å². The van der Waals surface area contributed by atoms with Crippen LogP contribution in [0.1, 0.15) is 29.6 Å². The zero-order valence-electron chi connectivity index (χ0n) is 15.4. The molecule has 1 aliphatic rings. The summed E-state index contributed by atoms with van der Waals surface area (Å²) in [5, 5.41) is 5.20. The van der Waals surface area contributed by atoms with Crippen molar-refractivity contribution in [3.63, 3.8) is 0 Å². The van der Waals surface area contributed by atoms with Crippen molar-refractivity contribution in [2.24, 2.45) is 0 Å². The van der Waals surface area contributed by atoms with Crippen molar-refractivity contribution < 1.29 is 9.32 Å². The number of hydrogen-bond acceptors (Lipinski definition) is 4. The summed E-state index contributed by atoms with van der Waals surface area (Å²) in [5.41, 5.74) is 3.23. The number of aromatic nitrogens is 3. The minimum atomic E-state index is 0.0703. The molecule has 5 rings (SSSR count). The van der Waals surface area contributed by atoms with Gasteiger partial charge in [0.2, 0.25) is 5.82 Å². The van der Waals surface area contributed by atoms with Crippen LogP contribution in [-0.4, -0.2) is 39.0 Å². The number of nitrogens with one attached hydrogen (secondary N) is 1. The molecular weight excluding hydrogens is 352 g/mol. The number of rotatable bonds is 3. The van der Waals surface area contributed by atoms with Crippen molar-refractivity contribution in [2.45, 2.75) is 19.3 Å². The van der Waals surface area contributed by atoms with Crippen molar-refractivity contribution in [2.75, 3.05) is 13.1 Å². The third-order valence-electron chi connectivity index (χ3n) is 5.20. The van der Waals surface area contributed by atoms with Crippen LogP contribution in [0, 0.1) is 0 Å². The van der Waals surface area contributed by atoms with E-state index in [-0.39, 0.29) is 5.91 Å². The maximum Gasteiger partial charge on any atom is 0.274 e. The number of para-hydroxylation sites is 1. The number of likely N-dealkylation sites (tertiary alicyclic amines) is 1. The molecule has 0 atom stereocenters. The van der Waals surface area contributed by atoms with Crippen molar-refractivity contribution >= 4 is 16.8 Å². The molecule has 0 saturated carbocycles. The normalized spacial score (nSPS) is 14.5. The molecule has 2 aromatic carbocycles. The highest BCUT2D eigenvalue weighted by Crippen LogP contribution is 2.26. The van der Waals surface area contributed by atoms with Crippen LogP contribution in [0.3, 0.4) is 0 Å². The van der Waals surface area contributed by atoms with Gasteiger partial charge < -0.3 is 14.4 Å². The maximum absolute atomic E-state index is 12.8. The number of nitrogens with zero attached hydrogens (tertiary/aromatic N) is 3. The lowest BCUT2D eigenvalue weighted by Gasteiger charge is -2.26. The molecule has 1 aliphatic heterocycles. The number of hydrogen-bond donors (Lipinski definition) is 1. The Bertz CT molecular complexity index is 1110. The Balaban J connectivity index is 1.43. The van der Waals surface area contributed by atoms with E-state index in [0.717, 1.165) is 48.1 Å². The van der Waals surface area contributed by atoms with Crippen LogP contribution in [0.15, 0.2) is 59.1 Å². The highest BCUT2D eigenvalue weighted by molar-refractivity contribution is 5.95. The second-order valence-corrected chi connectivity index (χ2v) is 7.13. The van der Waals surface area contributed by atoms with Crippen LogP contribution in [-0.2, 0) is 0 Å². The Morgan fingerprint density at radius 3 is 2.71 bits per heavy atom. The molecule has 6 heteroatoms. The monoisotopic (exact) mass is 372 g/mol. The quantitative estimate of drug-likeness (QED) is 0.574. The van der Waals surface area contributed by atoms with Gasteiger partial charge in [0.1, 0.15) is 5.69 Å². The molecule has 1 amide bonds. The molecule has 0 unspecified atom stereocenters. The van der Waals surface area contributed by atoms with E-state index < -0.39 is 0 Å². The predicted molar refractivity (Wildman–Crippen MR) is 107 cm³/mol. The summed E-state index contributed by atoms with van der Waals surface area (Å²) in [7, 11) is 0. The van der Waals surface area contributed by atoms with Gasteiger partial charge in [-0.15, -0.1) is 0 Å². The number of benzene rings is 2. The number of carbonyl (C=O) groups excluding carboxylic acids is 1. The number of fused-ring (bicyclic) bond motifs is 1. The minimum absolute atomic E-state index is 0.0703. The van der Waals surface area contributed by atoms with Gasteiger partial charge >= 0.3 is 0 Å². The number of piperidine rings is 1. The highest BCUT2D eigenvalue weighted by atomic mass is 16.5. The number of H-pyrrole nitrogens is 1. The number of carbonyl (C=O) groups is 1. The van der Waals surface area contributed by atoms with Crippen LogP contribution >= 0.6 is 0 Å². The Morgan fingerprint density at radius 1 is 1.00 bits per heavy atom. The molecule has 1 N–H and O–H groups in total. The molecule has 0 bridgehead atoms. The van der Waals surface area contributed by atoms with E-state index in [2.05, 4.69) is 15.1 Å². The predicted octanol–water partition coefficient (Wildman–Crippen LogP) is 4.51. The first-order chi connectivity index (χ1) is 13.8. The van der Waals surface area contributed by atoms with E-state index in [9.17, 15) is 4.79 Å². The lowest BCUT2D eigenvalue weighted by Crippen LogP contribution is -2.35. The molecule has 3 heterocycles. The first-order valence-electron chi connectivity index (χ1n) is 9.59. The van der Waals surface area contributed by atoms with E-state index >= 15 is 0 Å². The van der Waals surface area contributed by atoms with Gasteiger partial charge in [-0.25, -0.2) is 0 Å². The fraction of sp³-hybridized carbons (Fsp3) is 0.227. The van der Waals surface area contributed by atoms with Crippen LogP contribution in [0.4, 0.5) is 0 Å². The van der Waals surface area contributed by atoms with Crippen LogP contribution in [0.25, 0.3) is 33.9 Å². The molecule has 0 spiro atoms. The second kappa shape index (κ2) is 6.96. The summed E-state index contributed by atoms with van der Waals surface area (Å²) in [4.78, 5) is 22.5. The summed E-state index contributed by atoms with van der Waals surface area (Å²) in [6, 6.07) is 17.4. The van der Waals surface area contributed by atoms with Gasteiger partial charge in [0.15, 0.2) is 0 Å². The van der Waals surface area contributed by atoms with E-state index in [1.807, 2.05) is 59.5 Å². The highest BCUT2D eigenvalue weighted by Gasteiger charge is 2.19. The largest absolute Gasteiger partial charge is 0.351 e. The second-order valence-electron chi connectivity index (χ2n) is 7.13. The molecule has 1 fully saturated rings. The lowest BCUT2D eigenvalue weighted by molar-refractivity contribution is 0.0724. The average Bonchev–Trinajstić information content (AvgIpc) is 3.41. The summed E-state index contributed by atoms with van der Waals surface area (Å²) in [6.07, 6.45) is 3.34. The van der Waals surface area contributed by atoms with E-state index in [4.69, 9.17) is 4.52 Å². The third-order valence-corrected chi connectivity index (χ3v) is 5.20. The summed E-state index contributed by atoms with van der Waals surface area (Å²) in [5.74, 6) is 0.974. The SMILES string of the molecule is O=C(c1cccc(-c2noc(-c3cc4ccccc4[nH]3)n2)c1)N1CCCCC1.